The molecule has 0 atom stereocenters. The van der Waals surface area contributed by atoms with Crippen molar-refractivity contribution in [2.45, 2.75) is 78.9 Å². The molecule has 3 aliphatic rings. The van der Waals surface area contributed by atoms with Crippen molar-refractivity contribution in [3.8, 4) is 28.1 Å². The van der Waals surface area contributed by atoms with Crippen LogP contribution in [0.2, 0.25) is 0 Å². The summed E-state index contributed by atoms with van der Waals surface area (Å²) in [7, 11) is 0. The molecule has 2 N–H and O–H groups in total. The second-order valence-corrected chi connectivity index (χ2v) is 12.8. The molecule has 6 bridgehead atoms. The molecule has 4 aromatic rings. The molecule has 3 aliphatic heterocycles. The molecule has 0 amide bonds. The van der Waals surface area contributed by atoms with E-state index in [1.54, 1.807) is 31.4 Å². The minimum absolute atomic E-state index is 0.142. The van der Waals surface area contributed by atoms with Gasteiger partial charge >= 0.3 is 5.97 Å². The summed E-state index contributed by atoms with van der Waals surface area (Å²) < 4.78 is 28.2. The molecule has 1 saturated heterocycles. The van der Waals surface area contributed by atoms with Crippen molar-refractivity contribution >= 4 is 17.4 Å². The molecule has 9 nitrogen and oxygen atoms in total. The summed E-state index contributed by atoms with van der Waals surface area (Å²) in [5, 5.41) is 23.2. The number of rotatable bonds is 2. The second-order valence-electron chi connectivity index (χ2n) is 12.8. The molecule has 0 unspecified atom stereocenters. The van der Waals surface area contributed by atoms with E-state index in [0.717, 1.165) is 35.3 Å². The Morgan fingerprint density at radius 2 is 1.68 bits per heavy atom. The predicted molar refractivity (Wildman–Crippen MR) is 184 cm³/mol. The van der Waals surface area contributed by atoms with E-state index < -0.39 is 11.6 Å². The number of aromatic nitrogens is 3. The van der Waals surface area contributed by atoms with Crippen LogP contribution in [0.4, 0.5) is 10.2 Å². The Balaban J connectivity index is 0.000000655. The normalized spacial score (nSPS) is 16.3. The van der Waals surface area contributed by atoms with Crippen LogP contribution in [0.3, 0.4) is 0 Å². The fourth-order valence-corrected chi connectivity index (χ4v) is 5.52. The number of nitrogens with zero attached hydrogens (tertiary/aromatic N) is 4. The van der Waals surface area contributed by atoms with Gasteiger partial charge in [0.15, 0.2) is 5.65 Å². The van der Waals surface area contributed by atoms with Crippen LogP contribution in [0.25, 0.3) is 28.0 Å². The van der Waals surface area contributed by atoms with Gasteiger partial charge in [-0.25, -0.2) is 9.37 Å². The van der Waals surface area contributed by atoms with Crippen LogP contribution in [-0.2, 0) is 16.0 Å². The summed E-state index contributed by atoms with van der Waals surface area (Å²) in [6.45, 7) is 15.3. The Morgan fingerprint density at radius 3 is 2.36 bits per heavy atom. The number of hydrogen-bond acceptors (Lipinski definition) is 7. The molecule has 7 rings (SSSR count). The Hall–Kier alpha value is -4.28. The number of aliphatic hydroxyl groups is 1. The Labute approximate surface area is 276 Å². The van der Waals surface area contributed by atoms with Crippen LogP contribution in [-0.4, -0.2) is 68.3 Å². The lowest BCUT2D eigenvalue weighted by Crippen LogP contribution is -2.45. The van der Waals surface area contributed by atoms with Crippen LogP contribution in [0.1, 0.15) is 65.6 Å². The first-order valence-electron chi connectivity index (χ1n) is 16.2. The van der Waals surface area contributed by atoms with Crippen LogP contribution in [0.15, 0.2) is 60.7 Å². The lowest BCUT2D eigenvalue weighted by Gasteiger charge is -2.40. The van der Waals surface area contributed by atoms with E-state index in [4.69, 9.17) is 24.7 Å². The van der Waals surface area contributed by atoms with Crippen molar-refractivity contribution in [2.75, 3.05) is 31.2 Å². The number of benzene rings is 2. The average Bonchev–Trinajstić information content (AvgIpc) is 3.43. The van der Waals surface area contributed by atoms with Gasteiger partial charge in [-0.3, -0.25) is 4.79 Å². The molecule has 0 saturated carbocycles. The quantitative estimate of drug-likeness (QED) is 0.219. The molecular formula is C37H47FN4O5. The van der Waals surface area contributed by atoms with E-state index in [2.05, 4.69) is 11.8 Å². The predicted octanol–water partition coefficient (Wildman–Crippen LogP) is 7.27. The minimum Gasteiger partial charge on any atom is -0.489 e. The molecule has 2 aromatic heterocycles. The van der Waals surface area contributed by atoms with Gasteiger partial charge in [0.05, 0.1) is 29.9 Å². The number of hydrogen-bond donors (Lipinski definition) is 2. The zero-order chi connectivity index (χ0) is 34.4. The van der Waals surface area contributed by atoms with Crippen LogP contribution >= 0.6 is 0 Å². The third-order valence-electron chi connectivity index (χ3n) is 7.77. The number of aryl methyl sites for hydroxylation is 1. The number of aliphatic carboxylic acids is 1. The lowest BCUT2D eigenvalue weighted by atomic mass is 9.93. The monoisotopic (exact) mass is 646 g/mol. The van der Waals surface area contributed by atoms with Crippen LogP contribution in [0.5, 0.6) is 5.75 Å². The van der Waals surface area contributed by atoms with Gasteiger partial charge in [-0.05, 0) is 77.3 Å². The number of carboxylic acid groups (broad SMARTS) is 1. The number of ether oxygens (including phenoxy) is 2. The summed E-state index contributed by atoms with van der Waals surface area (Å²) in [6, 6.07) is 14.3. The molecule has 0 spiro atoms. The van der Waals surface area contributed by atoms with Gasteiger partial charge in [-0.2, -0.15) is 9.61 Å². The Morgan fingerprint density at radius 1 is 1.02 bits per heavy atom. The fraction of sp³-hybridized carbons (Fsp3) is 0.432. The first kappa shape index (κ1) is 35.6. The van der Waals surface area contributed by atoms with Gasteiger partial charge in [0.25, 0.3) is 0 Å². The van der Waals surface area contributed by atoms with Gasteiger partial charge in [0.1, 0.15) is 24.0 Å². The zero-order valence-corrected chi connectivity index (χ0v) is 28.5. The van der Waals surface area contributed by atoms with Crippen molar-refractivity contribution < 1.29 is 28.9 Å². The number of anilines is 1. The fourth-order valence-electron chi connectivity index (χ4n) is 5.52. The minimum atomic E-state index is -0.912. The molecule has 2 aromatic carbocycles. The van der Waals surface area contributed by atoms with E-state index in [-0.39, 0.29) is 24.4 Å². The average molecular weight is 647 g/mol. The highest BCUT2D eigenvalue weighted by Gasteiger charge is 2.33. The highest BCUT2D eigenvalue weighted by Crippen LogP contribution is 2.36. The molecule has 1 fully saturated rings. The largest absolute Gasteiger partial charge is 0.489 e. The van der Waals surface area contributed by atoms with Gasteiger partial charge < -0.3 is 24.6 Å². The number of fused-ring (bicyclic) bond motifs is 6. The van der Waals surface area contributed by atoms with E-state index in [1.807, 2.05) is 63.3 Å². The molecular weight excluding hydrogens is 599 g/mol. The van der Waals surface area contributed by atoms with Gasteiger partial charge in [0, 0.05) is 47.6 Å². The summed E-state index contributed by atoms with van der Waals surface area (Å²) in [6.07, 6.45) is 5.22. The van der Waals surface area contributed by atoms with Crippen LogP contribution < -0.4 is 9.64 Å². The number of piperidine rings is 1. The number of carbonyl (C=O) groups is 1. The highest BCUT2D eigenvalue weighted by atomic mass is 19.1. The summed E-state index contributed by atoms with van der Waals surface area (Å²) in [5.74, 6) is -0.0653. The maximum atomic E-state index is 14.2. The van der Waals surface area contributed by atoms with E-state index in [1.165, 1.54) is 12.1 Å². The number of halogens is 1. The van der Waals surface area contributed by atoms with E-state index in [9.17, 15) is 14.3 Å². The van der Waals surface area contributed by atoms with Crippen LogP contribution in [0, 0.1) is 12.7 Å². The molecule has 10 heteroatoms. The molecule has 5 heterocycles. The van der Waals surface area contributed by atoms with Crippen molar-refractivity contribution in [3.05, 3.63) is 77.8 Å². The van der Waals surface area contributed by atoms with Crippen molar-refractivity contribution in [1.82, 2.24) is 14.6 Å². The molecule has 0 radical (unpaired) electrons. The lowest BCUT2D eigenvalue weighted by molar-refractivity contribution is -0.136. The number of carboxylic acids is 1. The van der Waals surface area contributed by atoms with Crippen molar-refractivity contribution in [3.63, 3.8) is 0 Å². The third kappa shape index (κ3) is 9.17. The SMILES string of the molecule is CC.CC(C)(C)O.Cc1nc2cc3nn2c(c1CC(=O)O)N1CCC(C)(CC1)OC/C=C/COc1cc(F)ccc1-c1cccc-3c1. The first-order chi connectivity index (χ1) is 22.3. The smallest absolute Gasteiger partial charge is 0.308 e. The van der Waals surface area contributed by atoms with Crippen molar-refractivity contribution in [2.24, 2.45) is 0 Å². The topological polar surface area (TPSA) is 109 Å². The van der Waals surface area contributed by atoms with Gasteiger partial charge in [-0.15, -0.1) is 0 Å². The molecule has 0 aliphatic carbocycles. The third-order valence-corrected chi connectivity index (χ3v) is 7.77. The van der Waals surface area contributed by atoms with Crippen molar-refractivity contribution in [1.29, 1.82) is 0 Å². The standard InChI is InChI=1S/C31H31FN4O4.C4H10O.C2H6/c1-20-25(18-29(37)38)30-35-12-10-31(2,11-13-35)40-15-4-3-14-39-27-17-23(32)8-9-24(27)21-6-5-7-22(16-21)26-19-28(33-20)36(30)34-26;1-4(2,3)5;1-2/h3-9,16-17,19H,10-15,18H2,1-2H3,(H,37,38);5H,1-3H3;1-2H3/b4-3+;;. The maximum Gasteiger partial charge on any atom is 0.308 e. The Kier molecular flexibility index (Phi) is 11.4. The van der Waals surface area contributed by atoms with Gasteiger partial charge in [0.2, 0.25) is 0 Å². The highest BCUT2D eigenvalue weighted by molar-refractivity contribution is 5.78. The maximum absolute atomic E-state index is 14.2. The van der Waals surface area contributed by atoms with E-state index in [0.29, 0.717) is 48.0 Å². The summed E-state index contributed by atoms with van der Waals surface area (Å²) in [5.41, 5.74) is 4.37. The summed E-state index contributed by atoms with van der Waals surface area (Å²) in [4.78, 5) is 18.8. The van der Waals surface area contributed by atoms with E-state index >= 15 is 0 Å². The zero-order valence-electron chi connectivity index (χ0n) is 28.5. The first-order valence-corrected chi connectivity index (χ1v) is 16.2. The molecule has 252 valence electrons. The second kappa shape index (κ2) is 15.1. The molecule has 47 heavy (non-hydrogen) atoms. The Bertz CT molecular complexity index is 1710. The summed E-state index contributed by atoms with van der Waals surface area (Å²) >= 11 is 0. The van der Waals surface area contributed by atoms with Gasteiger partial charge in [-0.1, -0.05) is 38.1 Å².